The van der Waals surface area contributed by atoms with Crippen molar-refractivity contribution in [3.8, 4) is 18.1 Å². The molecule has 4 nitrogen and oxygen atoms in total. The van der Waals surface area contributed by atoms with Crippen LogP contribution >= 0.6 is 11.6 Å². The van der Waals surface area contributed by atoms with Crippen LogP contribution in [0.4, 0.5) is 0 Å². The van der Waals surface area contributed by atoms with E-state index >= 15 is 0 Å². The highest BCUT2D eigenvalue weighted by Gasteiger charge is 2.36. The molecule has 0 radical (unpaired) electrons. The van der Waals surface area contributed by atoms with Gasteiger partial charge in [0.25, 0.3) is 0 Å². The molecular weight excluding hydrogens is 336 g/mol. The molecule has 1 saturated carbocycles. The van der Waals surface area contributed by atoms with Gasteiger partial charge in [0.15, 0.2) is 0 Å². The van der Waals surface area contributed by atoms with E-state index in [4.69, 9.17) is 18.0 Å². The molecule has 0 atom stereocenters. The van der Waals surface area contributed by atoms with E-state index in [2.05, 4.69) is 16.1 Å². The number of allylic oxidation sites excluding steroid dienone is 1. The third kappa shape index (κ3) is 3.83. The van der Waals surface area contributed by atoms with Crippen molar-refractivity contribution in [2.75, 3.05) is 6.54 Å². The zero-order valence-corrected chi connectivity index (χ0v) is 14.7. The molecule has 5 heteroatoms. The minimum atomic E-state index is -0.200. The van der Waals surface area contributed by atoms with Gasteiger partial charge in [-0.05, 0) is 56.0 Å². The average Bonchev–Trinajstić information content (AvgIpc) is 3.09. The molecule has 2 aliphatic rings. The molecule has 0 spiro atoms. The van der Waals surface area contributed by atoms with Gasteiger partial charge in [0.05, 0.1) is 6.42 Å². The van der Waals surface area contributed by atoms with Gasteiger partial charge in [0.1, 0.15) is 11.3 Å². The molecule has 1 heterocycles. The topological polar surface area (TPSA) is 52.6 Å². The van der Waals surface area contributed by atoms with Crippen LogP contribution in [0.1, 0.15) is 31.2 Å². The number of amides is 1. The summed E-state index contributed by atoms with van der Waals surface area (Å²) in [5.74, 6) is 2.83. The Hall–Kier alpha value is -2.38. The maximum Gasteiger partial charge on any atom is 0.228 e. The van der Waals surface area contributed by atoms with E-state index in [1.165, 1.54) is 6.07 Å². The van der Waals surface area contributed by atoms with Crippen LogP contribution in [0.5, 0.6) is 5.75 Å². The lowest BCUT2D eigenvalue weighted by molar-refractivity contribution is -0.119. The van der Waals surface area contributed by atoms with E-state index in [1.807, 2.05) is 18.4 Å². The van der Waals surface area contributed by atoms with Crippen molar-refractivity contribution in [3.05, 3.63) is 52.8 Å². The van der Waals surface area contributed by atoms with Crippen LogP contribution in [0.25, 0.3) is 0 Å². The van der Waals surface area contributed by atoms with Gasteiger partial charge in [-0.1, -0.05) is 17.5 Å². The molecule has 0 unspecified atom stereocenters. The number of aromatic hydroxyl groups is 1. The first-order chi connectivity index (χ1) is 12.0. The Morgan fingerprint density at radius 3 is 2.80 bits per heavy atom. The zero-order valence-electron chi connectivity index (χ0n) is 14.0. The van der Waals surface area contributed by atoms with Crippen LogP contribution in [0.15, 0.2) is 42.2 Å². The maximum atomic E-state index is 12.2. The molecular formula is C20H21ClN2O2. The summed E-state index contributed by atoms with van der Waals surface area (Å²) in [4.78, 5) is 14.4. The summed E-state index contributed by atoms with van der Waals surface area (Å²) in [6.45, 7) is 0.679. The Morgan fingerprint density at radius 2 is 2.16 bits per heavy atom. The van der Waals surface area contributed by atoms with Gasteiger partial charge in [-0.15, -0.1) is 6.42 Å². The highest BCUT2D eigenvalue weighted by Crippen LogP contribution is 2.35. The average molecular weight is 357 g/mol. The molecule has 0 saturated heterocycles. The standard InChI is InChI=1S/C20H21ClN2O2/c1-2-20(9-3-4-10-20)23-11-7-17(8-12-23)22-19(25)14-15-13-16(21)5-6-18(15)24/h1,5-8,11,13,24H,3-4,9-10,12,14H2,(H,22,25). The van der Waals surface area contributed by atoms with Crippen LogP contribution in [0.2, 0.25) is 5.02 Å². The molecule has 2 N–H and O–H groups in total. The second-order valence-electron chi connectivity index (χ2n) is 6.51. The van der Waals surface area contributed by atoms with Crippen molar-refractivity contribution >= 4 is 17.5 Å². The highest BCUT2D eigenvalue weighted by atomic mass is 35.5. The summed E-state index contributed by atoms with van der Waals surface area (Å²) < 4.78 is 0. The van der Waals surface area contributed by atoms with Crippen molar-refractivity contribution < 1.29 is 9.90 Å². The molecule has 1 aromatic rings. The number of phenolic OH excluding ortho intramolecular Hbond substituents is 1. The van der Waals surface area contributed by atoms with Crippen LogP contribution in [-0.4, -0.2) is 28.0 Å². The van der Waals surface area contributed by atoms with E-state index in [0.29, 0.717) is 17.1 Å². The van der Waals surface area contributed by atoms with Crippen LogP contribution in [-0.2, 0) is 11.2 Å². The van der Waals surface area contributed by atoms with Crippen molar-refractivity contribution in [3.63, 3.8) is 0 Å². The number of phenols is 1. The van der Waals surface area contributed by atoms with E-state index in [1.54, 1.807) is 12.1 Å². The molecule has 1 aliphatic heterocycles. The molecule has 1 fully saturated rings. The van der Waals surface area contributed by atoms with Gasteiger partial charge in [-0.2, -0.15) is 0 Å². The first-order valence-electron chi connectivity index (χ1n) is 8.42. The number of halogens is 1. The summed E-state index contributed by atoms with van der Waals surface area (Å²) in [7, 11) is 0. The summed E-state index contributed by atoms with van der Waals surface area (Å²) in [6, 6.07) is 4.67. The molecule has 25 heavy (non-hydrogen) atoms. The predicted molar refractivity (Wildman–Crippen MR) is 98.9 cm³/mol. The Morgan fingerprint density at radius 1 is 1.40 bits per heavy atom. The van der Waals surface area contributed by atoms with Crippen LogP contribution in [0.3, 0.4) is 0 Å². The SMILES string of the molecule is C#CC1(N2C=CC(NC(=O)Cc3cc(Cl)ccc3O)=CC2)CCCC1. The minimum Gasteiger partial charge on any atom is -0.508 e. The number of benzene rings is 1. The minimum absolute atomic E-state index is 0.0651. The molecule has 130 valence electrons. The molecule has 3 rings (SSSR count). The number of hydrogen-bond donors (Lipinski definition) is 2. The number of nitrogens with one attached hydrogen (secondary N) is 1. The first-order valence-corrected chi connectivity index (χ1v) is 8.80. The number of rotatable bonds is 4. The lowest BCUT2D eigenvalue weighted by Crippen LogP contribution is -2.43. The van der Waals surface area contributed by atoms with Crippen molar-refractivity contribution in [2.24, 2.45) is 0 Å². The quantitative estimate of drug-likeness (QED) is 0.813. The van der Waals surface area contributed by atoms with Gasteiger partial charge in [0, 0.05) is 29.0 Å². The second-order valence-corrected chi connectivity index (χ2v) is 6.95. The molecule has 0 aromatic heterocycles. The van der Waals surface area contributed by atoms with Gasteiger partial charge in [-0.3, -0.25) is 4.79 Å². The van der Waals surface area contributed by atoms with Crippen molar-refractivity contribution in [1.82, 2.24) is 10.2 Å². The molecule has 0 bridgehead atoms. The Balaban J connectivity index is 1.60. The lowest BCUT2D eigenvalue weighted by atomic mass is 9.95. The number of hydrogen-bond acceptors (Lipinski definition) is 3. The fourth-order valence-corrected chi connectivity index (χ4v) is 3.65. The molecule has 1 amide bonds. The third-order valence-corrected chi connectivity index (χ3v) is 5.10. The zero-order chi connectivity index (χ0) is 17.9. The number of terminal acetylenes is 1. The Labute approximate surface area is 153 Å². The van der Waals surface area contributed by atoms with Crippen LogP contribution in [0, 0.1) is 12.3 Å². The van der Waals surface area contributed by atoms with Crippen LogP contribution < -0.4 is 5.32 Å². The van der Waals surface area contributed by atoms with E-state index in [0.717, 1.165) is 31.4 Å². The van der Waals surface area contributed by atoms with E-state index < -0.39 is 0 Å². The van der Waals surface area contributed by atoms with Gasteiger partial charge in [-0.25, -0.2) is 0 Å². The van der Waals surface area contributed by atoms with Gasteiger partial charge < -0.3 is 15.3 Å². The molecule has 1 aliphatic carbocycles. The molecule has 1 aromatic carbocycles. The summed E-state index contributed by atoms with van der Waals surface area (Å²) in [6.07, 6.45) is 16.0. The summed E-state index contributed by atoms with van der Waals surface area (Å²) >= 11 is 5.91. The lowest BCUT2D eigenvalue weighted by Gasteiger charge is -2.37. The summed E-state index contributed by atoms with van der Waals surface area (Å²) in [5, 5.41) is 13.2. The first kappa shape index (κ1) is 17.4. The Kier molecular flexibility index (Phi) is 5.06. The normalized spacial score (nSPS) is 18.6. The van der Waals surface area contributed by atoms with Crippen molar-refractivity contribution in [1.29, 1.82) is 0 Å². The number of nitrogens with zero attached hydrogens (tertiary/aromatic N) is 1. The van der Waals surface area contributed by atoms with E-state index in [-0.39, 0.29) is 23.6 Å². The third-order valence-electron chi connectivity index (χ3n) is 4.87. The van der Waals surface area contributed by atoms with Gasteiger partial charge >= 0.3 is 0 Å². The maximum absolute atomic E-state index is 12.2. The Bertz CT molecular complexity index is 770. The van der Waals surface area contributed by atoms with Gasteiger partial charge in [0.2, 0.25) is 5.91 Å². The number of carbonyl (C=O) groups is 1. The number of carbonyl (C=O) groups excluding carboxylic acids is 1. The predicted octanol–water partition coefficient (Wildman–Crippen LogP) is 3.36. The fourth-order valence-electron chi connectivity index (χ4n) is 3.45. The van der Waals surface area contributed by atoms with Crippen molar-refractivity contribution in [2.45, 2.75) is 37.6 Å². The largest absolute Gasteiger partial charge is 0.508 e. The fraction of sp³-hybridized carbons (Fsp3) is 0.350. The monoisotopic (exact) mass is 356 g/mol. The summed E-state index contributed by atoms with van der Waals surface area (Å²) in [5.41, 5.74) is 1.06. The van der Waals surface area contributed by atoms with E-state index in [9.17, 15) is 9.90 Å². The second kappa shape index (κ2) is 7.25. The highest BCUT2D eigenvalue weighted by molar-refractivity contribution is 6.30. The smallest absolute Gasteiger partial charge is 0.228 e.